The van der Waals surface area contributed by atoms with Crippen molar-refractivity contribution in [2.45, 2.75) is 33.2 Å². The van der Waals surface area contributed by atoms with Crippen LogP contribution in [-0.2, 0) is 6.54 Å². The summed E-state index contributed by atoms with van der Waals surface area (Å²) < 4.78 is 0. The van der Waals surface area contributed by atoms with Gasteiger partial charge in [-0.15, -0.1) is 11.3 Å². The average molecular weight is 265 g/mol. The highest BCUT2D eigenvalue weighted by atomic mass is 32.1. The summed E-state index contributed by atoms with van der Waals surface area (Å²) in [4.78, 5) is 8.48. The third-order valence-electron chi connectivity index (χ3n) is 3.38. The van der Waals surface area contributed by atoms with Crippen LogP contribution in [0.1, 0.15) is 31.6 Å². The van der Waals surface area contributed by atoms with Gasteiger partial charge >= 0.3 is 0 Å². The third-order valence-corrected chi connectivity index (χ3v) is 4.24. The van der Waals surface area contributed by atoms with E-state index in [2.05, 4.69) is 41.6 Å². The molecule has 1 aliphatic heterocycles. The summed E-state index contributed by atoms with van der Waals surface area (Å²) in [6.45, 7) is 8.48. The molecule has 0 saturated carbocycles. The molecule has 0 aromatic carbocycles. The Bertz CT molecular complexity index is 364. The number of likely N-dealkylation sites (tertiary alicyclic amines) is 1. The van der Waals surface area contributed by atoms with E-state index in [1.165, 1.54) is 17.7 Å². The molecule has 0 radical (unpaired) electrons. The summed E-state index contributed by atoms with van der Waals surface area (Å²) in [5.74, 6) is 1.94. The van der Waals surface area contributed by atoms with Crippen molar-refractivity contribution in [2.24, 2.45) is 10.9 Å². The highest BCUT2D eigenvalue weighted by molar-refractivity contribution is 7.09. The van der Waals surface area contributed by atoms with Crippen LogP contribution in [0.25, 0.3) is 0 Å². The second kappa shape index (κ2) is 6.78. The van der Waals surface area contributed by atoms with E-state index in [0.29, 0.717) is 0 Å². The molecule has 0 atom stereocenters. The monoisotopic (exact) mass is 265 g/mol. The molecule has 2 heterocycles. The lowest BCUT2D eigenvalue weighted by atomic mass is 10.00. The van der Waals surface area contributed by atoms with Gasteiger partial charge in [-0.05, 0) is 37.1 Å². The first-order valence-electron chi connectivity index (χ1n) is 6.85. The van der Waals surface area contributed by atoms with Crippen LogP contribution in [0.2, 0.25) is 0 Å². The first-order valence-corrected chi connectivity index (χ1v) is 7.73. The van der Waals surface area contributed by atoms with Crippen molar-refractivity contribution < 1.29 is 0 Å². The lowest BCUT2D eigenvalue weighted by molar-refractivity contribution is 0.273. The molecule has 1 fully saturated rings. The molecule has 0 aliphatic carbocycles. The minimum absolute atomic E-state index is 0.798. The molecule has 1 saturated heterocycles. The molecular formula is C14H23N3S. The lowest BCUT2D eigenvalue weighted by Gasteiger charge is -2.32. The van der Waals surface area contributed by atoms with Gasteiger partial charge in [0, 0.05) is 24.5 Å². The molecule has 3 nitrogen and oxygen atoms in total. The lowest BCUT2D eigenvalue weighted by Crippen LogP contribution is -2.45. The van der Waals surface area contributed by atoms with E-state index in [9.17, 15) is 0 Å². The van der Waals surface area contributed by atoms with Crippen molar-refractivity contribution >= 4 is 17.3 Å². The quantitative estimate of drug-likeness (QED) is 0.672. The number of hydrogen-bond acceptors (Lipinski definition) is 2. The number of rotatable bonds is 3. The maximum atomic E-state index is 4.75. The van der Waals surface area contributed by atoms with E-state index in [4.69, 9.17) is 4.99 Å². The van der Waals surface area contributed by atoms with Crippen LogP contribution in [0.15, 0.2) is 22.5 Å². The second-order valence-electron chi connectivity index (χ2n) is 4.92. The summed E-state index contributed by atoms with van der Waals surface area (Å²) in [6, 6.07) is 4.24. The Morgan fingerprint density at radius 1 is 1.50 bits per heavy atom. The Hall–Kier alpha value is -1.03. The molecule has 100 valence electrons. The minimum Gasteiger partial charge on any atom is -0.357 e. The van der Waals surface area contributed by atoms with Gasteiger partial charge in [-0.25, -0.2) is 4.99 Å². The zero-order chi connectivity index (χ0) is 12.8. The summed E-state index contributed by atoms with van der Waals surface area (Å²) in [5.41, 5.74) is 0. The molecule has 2 rings (SSSR count). The number of hydrogen-bond donors (Lipinski definition) is 1. The summed E-state index contributed by atoms with van der Waals surface area (Å²) in [6.07, 6.45) is 2.56. The molecule has 0 spiro atoms. The normalized spacial score (nSPS) is 18.1. The van der Waals surface area contributed by atoms with Crippen molar-refractivity contribution in [1.29, 1.82) is 0 Å². The zero-order valence-corrected chi connectivity index (χ0v) is 12.2. The Kier molecular flexibility index (Phi) is 5.05. The van der Waals surface area contributed by atoms with Crippen LogP contribution in [-0.4, -0.2) is 30.5 Å². The number of nitrogens with one attached hydrogen (secondary N) is 1. The van der Waals surface area contributed by atoms with E-state index >= 15 is 0 Å². The predicted octanol–water partition coefficient (Wildman–Crippen LogP) is 2.95. The predicted molar refractivity (Wildman–Crippen MR) is 79.1 cm³/mol. The maximum Gasteiger partial charge on any atom is 0.194 e. The number of nitrogens with zero attached hydrogens (tertiary/aromatic N) is 2. The number of aliphatic imine (C=N–C) groups is 1. The Labute approximate surface area is 114 Å². The minimum atomic E-state index is 0.798. The van der Waals surface area contributed by atoms with Crippen LogP contribution in [0.3, 0.4) is 0 Å². The highest BCUT2D eigenvalue weighted by Crippen LogP contribution is 2.16. The van der Waals surface area contributed by atoms with Gasteiger partial charge in [0.05, 0.1) is 6.54 Å². The van der Waals surface area contributed by atoms with Gasteiger partial charge in [-0.2, -0.15) is 0 Å². The van der Waals surface area contributed by atoms with Gasteiger partial charge in [0.25, 0.3) is 0 Å². The molecule has 0 amide bonds. The highest BCUT2D eigenvalue weighted by Gasteiger charge is 2.18. The smallest absolute Gasteiger partial charge is 0.194 e. The van der Waals surface area contributed by atoms with Crippen molar-refractivity contribution in [3.8, 4) is 0 Å². The van der Waals surface area contributed by atoms with Crippen molar-refractivity contribution in [2.75, 3.05) is 19.6 Å². The Balaban J connectivity index is 1.96. The Morgan fingerprint density at radius 3 is 2.89 bits per heavy atom. The molecule has 0 bridgehead atoms. The second-order valence-corrected chi connectivity index (χ2v) is 5.95. The largest absolute Gasteiger partial charge is 0.357 e. The molecule has 1 aliphatic rings. The summed E-state index contributed by atoms with van der Waals surface area (Å²) in [5, 5.41) is 5.52. The van der Waals surface area contributed by atoms with Crippen LogP contribution in [0.4, 0.5) is 0 Å². The molecular weight excluding hydrogens is 242 g/mol. The van der Waals surface area contributed by atoms with E-state index < -0.39 is 0 Å². The number of guanidine groups is 1. The SMILES string of the molecule is CCNC(=NCc1cccs1)N1CCC(C)CC1. The van der Waals surface area contributed by atoms with Gasteiger partial charge in [-0.1, -0.05) is 13.0 Å². The van der Waals surface area contributed by atoms with E-state index in [1.54, 1.807) is 11.3 Å². The van der Waals surface area contributed by atoms with Crippen molar-refractivity contribution in [1.82, 2.24) is 10.2 Å². The fraction of sp³-hybridized carbons (Fsp3) is 0.643. The van der Waals surface area contributed by atoms with E-state index in [-0.39, 0.29) is 0 Å². The average Bonchev–Trinajstić information content (AvgIpc) is 2.89. The van der Waals surface area contributed by atoms with Gasteiger partial charge in [0.15, 0.2) is 5.96 Å². The zero-order valence-electron chi connectivity index (χ0n) is 11.4. The van der Waals surface area contributed by atoms with Crippen molar-refractivity contribution in [3.63, 3.8) is 0 Å². The molecule has 1 aromatic heterocycles. The van der Waals surface area contributed by atoms with Gasteiger partial charge < -0.3 is 10.2 Å². The van der Waals surface area contributed by atoms with Crippen LogP contribution >= 0.6 is 11.3 Å². The fourth-order valence-electron chi connectivity index (χ4n) is 2.20. The molecule has 0 unspecified atom stereocenters. The molecule has 4 heteroatoms. The Morgan fingerprint density at radius 2 is 2.28 bits per heavy atom. The van der Waals surface area contributed by atoms with Gasteiger partial charge in [0.1, 0.15) is 0 Å². The molecule has 18 heavy (non-hydrogen) atoms. The van der Waals surface area contributed by atoms with Gasteiger partial charge in [0.2, 0.25) is 0 Å². The topological polar surface area (TPSA) is 27.6 Å². The molecule has 1 aromatic rings. The standard InChI is InChI=1S/C14H23N3S/c1-3-15-14(16-11-13-5-4-10-18-13)17-8-6-12(2)7-9-17/h4-5,10,12H,3,6-9,11H2,1-2H3,(H,15,16). The van der Waals surface area contributed by atoms with Gasteiger partial charge in [-0.3, -0.25) is 0 Å². The summed E-state index contributed by atoms with van der Waals surface area (Å²) in [7, 11) is 0. The van der Waals surface area contributed by atoms with E-state index in [0.717, 1.165) is 38.1 Å². The maximum absolute atomic E-state index is 4.75. The number of thiophene rings is 1. The summed E-state index contributed by atoms with van der Waals surface area (Å²) >= 11 is 1.78. The van der Waals surface area contributed by atoms with Crippen LogP contribution in [0.5, 0.6) is 0 Å². The number of piperidine rings is 1. The first-order chi connectivity index (χ1) is 8.79. The van der Waals surface area contributed by atoms with Crippen LogP contribution in [0, 0.1) is 5.92 Å². The molecule has 1 N–H and O–H groups in total. The van der Waals surface area contributed by atoms with Crippen molar-refractivity contribution in [3.05, 3.63) is 22.4 Å². The third kappa shape index (κ3) is 3.73. The first kappa shape index (κ1) is 13.4. The fourth-order valence-corrected chi connectivity index (χ4v) is 2.83. The van der Waals surface area contributed by atoms with Crippen LogP contribution < -0.4 is 5.32 Å². The van der Waals surface area contributed by atoms with E-state index in [1.807, 2.05) is 0 Å².